The molecule has 0 amide bonds. The maximum atomic E-state index is 9.85. The van der Waals surface area contributed by atoms with Gasteiger partial charge in [-0.05, 0) is 19.9 Å². The van der Waals surface area contributed by atoms with Crippen molar-refractivity contribution in [1.82, 2.24) is 15.0 Å². The molecule has 0 unspecified atom stereocenters. The maximum absolute atomic E-state index is 9.85. The zero-order valence-electron chi connectivity index (χ0n) is 10.1. The van der Waals surface area contributed by atoms with Crippen molar-refractivity contribution in [2.75, 3.05) is 0 Å². The van der Waals surface area contributed by atoms with Crippen molar-refractivity contribution in [3.63, 3.8) is 0 Å². The Labute approximate surface area is 104 Å². The SMILES string of the molecule is CC(=N)/C(=C(/C)N)c1nc(O)c2ccncc2n1. The molecule has 2 heterocycles. The van der Waals surface area contributed by atoms with Crippen LogP contribution in [-0.4, -0.2) is 25.8 Å². The van der Waals surface area contributed by atoms with Crippen LogP contribution in [0.3, 0.4) is 0 Å². The van der Waals surface area contributed by atoms with Crippen LogP contribution in [0.5, 0.6) is 5.88 Å². The molecule has 92 valence electrons. The van der Waals surface area contributed by atoms with Crippen LogP contribution >= 0.6 is 0 Å². The number of aromatic hydroxyl groups is 1. The minimum Gasteiger partial charge on any atom is -0.493 e. The van der Waals surface area contributed by atoms with Crippen LogP contribution < -0.4 is 5.73 Å². The van der Waals surface area contributed by atoms with Gasteiger partial charge in [0.05, 0.1) is 22.7 Å². The number of aromatic nitrogens is 3. The molecule has 0 bridgehead atoms. The lowest BCUT2D eigenvalue weighted by molar-refractivity contribution is 0.458. The van der Waals surface area contributed by atoms with Crippen molar-refractivity contribution >= 4 is 22.2 Å². The van der Waals surface area contributed by atoms with Gasteiger partial charge >= 0.3 is 0 Å². The Bertz CT molecular complexity index is 659. The monoisotopic (exact) mass is 243 g/mol. The largest absolute Gasteiger partial charge is 0.493 e. The summed E-state index contributed by atoms with van der Waals surface area (Å²) in [7, 11) is 0. The summed E-state index contributed by atoms with van der Waals surface area (Å²) in [6.45, 7) is 3.26. The molecule has 0 aliphatic rings. The number of allylic oxidation sites excluding steroid dienone is 2. The summed E-state index contributed by atoms with van der Waals surface area (Å²) in [6.07, 6.45) is 3.08. The van der Waals surface area contributed by atoms with Gasteiger partial charge in [-0.15, -0.1) is 0 Å². The van der Waals surface area contributed by atoms with E-state index in [2.05, 4.69) is 15.0 Å². The number of rotatable bonds is 2. The summed E-state index contributed by atoms with van der Waals surface area (Å²) in [6, 6.07) is 1.63. The van der Waals surface area contributed by atoms with E-state index < -0.39 is 0 Å². The highest BCUT2D eigenvalue weighted by molar-refractivity contribution is 6.21. The van der Waals surface area contributed by atoms with Crippen molar-refractivity contribution in [2.45, 2.75) is 13.8 Å². The minimum atomic E-state index is -0.141. The highest BCUT2D eigenvalue weighted by atomic mass is 16.3. The lowest BCUT2D eigenvalue weighted by Crippen LogP contribution is -2.08. The molecule has 2 aromatic heterocycles. The van der Waals surface area contributed by atoms with Crippen LogP contribution in [0.25, 0.3) is 16.5 Å². The normalized spacial score (nSPS) is 12.3. The van der Waals surface area contributed by atoms with E-state index in [1.807, 2.05) is 0 Å². The van der Waals surface area contributed by atoms with E-state index in [1.165, 1.54) is 6.20 Å². The van der Waals surface area contributed by atoms with Gasteiger partial charge in [0.25, 0.3) is 0 Å². The first kappa shape index (κ1) is 12.0. The first-order valence-electron chi connectivity index (χ1n) is 5.33. The van der Waals surface area contributed by atoms with Gasteiger partial charge in [0.2, 0.25) is 5.88 Å². The Morgan fingerprint density at radius 3 is 2.67 bits per heavy atom. The topological polar surface area (TPSA) is 109 Å². The van der Waals surface area contributed by atoms with Gasteiger partial charge in [-0.2, -0.15) is 4.98 Å². The van der Waals surface area contributed by atoms with Crippen LogP contribution in [0.15, 0.2) is 24.2 Å². The van der Waals surface area contributed by atoms with Gasteiger partial charge in [0.1, 0.15) is 0 Å². The van der Waals surface area contributed by atoms with Gasteiger partial charge in [0.15, 0.2) is 5.82 Å². The molecular formula is C12H13N5O. The minimum absolute atomic E-state index is 0.141. The second-order valence-corrected chi connectivity index (χ2v) is 3.95. The van der Waals surface area contributed by atoms with Crippen molar-refractivity contribution in [3.05, 3.63) is 30.0 Å². The molecule has 6 nitrogen and oxygen atoms in total. The van der Waals surface area contributed by atoms with E-state index in [4.69, 9.17) is 11.1 Å². The van der Waals surface area contributed by atoms with Crippen molar-refractivity contribution in [1.29, 1.82) is 5.41 Å². The van der Waals surface area contributed by atoms with Gasteiger partial charge in [-0.25, -0.2) is 4.98 Å². The molecule has 0 aliphatic heterocycles. The molecule has 0 fully saturated rings. The average molecular weight is 243 g/mol. The molecule has 2 aromatic rings. The third-order valence-corrected chi connectivity index (χ3v) is 2.47. The summed E-state index contributed by atoms with van der Waals surface area (Å²) < 4.78 is 0. The van der Waals surface area contributed by atoms with E-state index in [0.29, 0.717) is 22.2 Å². The van der Waals surface area contributed by atoms with E-state index in [-0.39, 0.29) is 17.4 Å². The Hall–Kier alpha value is -2.50. The van der Waals surface area contributed by atoms with Crippen molar-refractivity contribution in [2.24, 2.45) is 5.73 Å². The molecule has 4 N–H and O–H groups in total. The van der Waals surface area contributed by atoms with Gasteiger partial charge in [0, 0.05) is 17.6 Å². The Kier molecular flexibility index (Phi) is 2.93. The van der Waals surface area contributed by atoms with Crippen LogP contribution in [0.2, 0.25) is 0 Å². The van der Waals surface area contributed by atoms with E-state index in [1.54, 1.807) is 26.1 Å². The van der Waals surface area contributed by atoms with Crippen molar-refractivity contribution in [3.8, 4) is 5.88 Å². The van der Waals surface area contributed by atoms with Crippen molar-refractivity contribution < 1.29 is 5.11 Å². The second-order valence-electron chi connectivity index (χ2n) is 3.95. The molecule has 0 spiro atoms. The molecule has 18 heavy (non-hydrogen) atoms. The lowest BCUT2D eigenvalue weighted by atomic mass is 10.1. The molecule has 0 aliphatic carbocycles. The number of nitrogens with one attached hydrogen (secondary N) is 1. The van der Waals surface area contributed by atoms with Crippen LogP contribution in [-0.2, 0) is 0 Å². The third kappa shape index (κ3) is 2.00. The van der Waals surface area contributed by atoms with E-state index >= 15 is 0 Å². The van der Waals surface area contributed by atoms with Crippen LogP contribution in [0, 0.1) is 5.41 Å². The average Bonchev–Trinajstić information content (AvgIpc) is 2.28. The number of hydrogen-bond donors (Lipinski definition) is 3. The van der Waals surface area contributed by atoms with E-state index in [0.717, 1.165) is 0 Å². The Balaban J connectivity index is 2.74. The molecule has 0 aromatic carbocycles. The van der Waals surface area contributed by atoms with Gasteiger partial charge < -0.3 is 16.2 Å². The third-order valence-electron chi connectivity index (χ3n) is 2.47. The standard InChI is InChI=1S/C12H13N5O/c1-6(13)10(7(2)14)11-16-9-5-15-4-3-8(9)12(18)17-11/h3-5,13H,14H2,1-2H3,(H,16,17,18)/b10-7+,13-6?. The summed E-state index contributed by atoms with van der Waals surface area (Å²) in [4.78, 5) is 12.2. The second kappa shape index (κ2) is 4.40. The maximum Gasteiger partial charge on any atom is 0.222 e. The predicted molar refractivity (Wildman–Crippen MR) is 69.2 cm³/mol. The fourth-order valence-electron chi connectivity index (χ4n) is 1.72. The quantitative estimate of drug-likeness (QED) is 0.692. The first-order valence-corrected chi connectivity index (χ1v) is 5.33. The molecule has 6 heteroatoms. The molecule has 0 radical (unpaired) electrons. The smallest absolute Gasteiger partial charge is 0.222 e. The Morgan fingerprint density at radius 1 is 1.33 bits per heavy atom. The number of fused-ring (bicyclic) bond motifs is 1. The fraction of sp³-hybridized carbons (Fsp3) is 0.167. The number of nitrogens with zero attached hydrogens (tertiary/aromatic N) is 3. The van der Waals surface area contributed by atoms with Crippen LogP contribution in [0.1, 0.15) is 19.7 Å². The molecule has 0 saturated heterocycles. The Morgan fingerprint density at radius 2 is 2.06 bits per heavy atom. The summed E-state index contributed by atoms with van der Waals surface area (Å²) >= 11 is 0. The highest BCUT2D eigenvalue weighted by Gasteiger charge is 2.14. The number of hydrogen-bond acceptors (Lipinski definition) is 6. The summed E-state index contributed by atoms with van der Waals surface area (Å²) in [5.41, 5.74) is 7.35. The molecule has 2 rings (SSSR count). The fourth-order valence-corrected chi connectivity index (χ4v) is 1.72. The number of pyridine rings is 1. The first-order chi connectivity index (χ1) is 8.50. The van der Waals surface area contributed by atoms with Gasteiger partial charge in [-0.1, -0.05) is 0 Å². The highest BCUT2D eigenvalue weighted by Crippen LogP contribution is 2.23. The number of nitrogens with two attached hydrogens (primary N) is 1. The zero-order valence-corrected chi connectivity index (χ0v) is 10.1. The molecule has 0 atom stereocenters. The summed E-state index contributed by atoms with van der Waals surface area (Å²) in [5, 5.41) is 18.1. The predicted octanol–water partition coefficient (Wildman–Crippen LogP) is 1.46. The van der Waals surface area contributed by atoms with Crippen LogP contribution in [0.4, 0.5) is 0 Å². The molecule has 0 saturated carbocycles. The lowest BCUT2D eigenvalue weighted by Gasteiger charge is -2.08. The molecular weight excluding hydrogens is 230 g/mol. The van der Waals surface area contributed by atoms with Gasteiger partial charge in [-0.3, -0.25) is 4.98 Å². The van der Waals surface area contributed by atoms with E-state index in [9.17, 15) is 5.11 Å². The summed E-state index contributed by atoms with van der Waals surface area (Å²) in [5.74, 6) is 0.0953. The zero-order chi connectivity index (χ0) is 13.3.